The number of allylic oxidation sites excluding steroid dienone is 5. The lowest BCUT2D eigenvalue weighted by molar-refractivity contribution is -0.276. The van der Waals surface area contributed by atoms with E-state index in [1.165, 1.54) is 40.0 Å². The van der Waals surface area contributed by atoms with Gasteiger partial charge in [0.25, 0.3) is 0 Å². The molecule has 61 heavy (non-hydrogen) atoms. The quantitative estimate of drug-likeness (QED) is 0.298. The van der Waals surface area contributed by atoms with Gasteiger partial charge in [0.05, 0.1) is 17.0 Å². The zero-order valence-corrected chi connectivity index (χ0v) is 35.8. The molecule has 0 amide bonds. The Labute approximate surface area is 359 Å². The second-order valence-electron chi connectivity index (χ2n) is 21.2. The van der Waals surface area contributed by atoms with Gasteiger partial charge >= 0.3 is 11.9 Å². The van der Waals surface area contributed by atoms with E-state index in [1.54, 1.807) is 0 Å². The van der Waals surface area contributed by atoms with E-state index in [0.29, 0.717) is 73.3 Å². The zero-order chi connectivity index (χ0) is 41.2. The van der Waals surface area contributed by atoms with E-state index in [2.05, 4.69) is 84.3 Å². The molecule has 16 rings (SSSR count). The number of aliphatic hydroxyl groups is 1. The molecule has 3 N–H and O–H groups in total. The molecule has 12 atom stereocenters. The van der Waals surface area contributed by atoms with Crippen molar-refractivity contribution in [1.82, 2.24) is 9.80 Å². The third-order valence-electron chi connectivity index (χ3n) is 18.4. The number of aliphatic hydroxyl groups excluding tert-OH is 1. The van der Waals surface area contributed by atoms with Crippen molar-refractivity contribution in [2.24, 2.45) is 52.1 Å². The second kappa shape index (κ2) is 12.8. The minimum absolute atomic E-state index is 0.0376. The van der Waals surface area contributed by atoms with Gasteiger partial charge in [-0.25, -0.2) is 4.79 Å². The maximum absolute atomic E-state index is 15.9. The van der Waals surface area contributed by atoms with Crippen LogP contribution in [0.15, 0.2) is 100 Å². The number of fused-ring (bicyclic) bond motifs is 6. The molecule has 15 bridgehead atoms. The van der Waals surface area contributed by atoms with Gasteiger partial charge in [0, 0.05) is 55.2 Å². The molecule has 0 radical (unpaired) electrons. The van der Waals surface area contributed by atoms with E-state index in [9.17, 15) is 9.90 Å². The average Bonchev–Trinajstić information content (AvgIpc) is 3.71. The van der Waals surface area contributed by atoms with Gasteiger partial charge in [0.15, 0.2) is 11.4 Å². The molecule has 14 aliphatic rings. The summed E-state index contributed by atoms with van der Waals surface area (Å²) in [7, 11) is 0. The summed E-state index contributed by atoms with van der Waals surface area (Å²) in [5, 5.41) is 12.9. The second-order valence-corrected chi connectivity index (χ2v) is 21.2. The summed E-state index contributed by atoms with van der Waals surface area (Å²) in [6.07, 6.45) is 17.3. The maximum atomic E-state index is 15.9. The number of rotatable bonds is 3. The fourth-order valence-electron chi connectivity index (χ4n) is 16.4. The number of nitrogens with two attached hydrogens (primary N) is 1. The van der Waals surface area contributed by atoms with Gasteiger partial charge in [0.1, 0.15) is 11.2 Å². The summed E-state index contributed by atoms with van der Waals surface area (Å²) >= 11 is 0. The highest BCUT2D eigenvalue weighted by molar-refractivity contribution is 6.00. The molecule has 2 aromatic carbocycles. The van der Waals surface area contributed by atoms with Gasteiger partial charge in [-0.2, -0.15) is 0 Å². The van der Waals surface area contributed by atoms with E-state index in [0.717, 1.165) is 81.3 Å². The van der Waals surface area contributed by atoms with Gasteiger partial charge in [-0.15, -0.1) is 0 Å². The lowest BCUT2D eigenvalue weighted by atomic mass is 9.29. The number of benzene rings is 2. The lowest BCUT2D eigenvalue weighted by Gasteiger charge is -2.71. The smallest absolute Gasteiger partial charge is 0.339 e. The van der Waals surface area contributed by atoms with Crippen LogP contribution in [0.1, 0.15) is 104 Å². The van der Waals surface area contributed by atoms with Gasteiger partial charge in [0.2, 0.25) is 0 Å². The number of hydrogen-bond donors (Lipinski definition) is 2. The van der Waals surface area contributed by atoms with Crippen LogP contribution in [0.2, 0.25) is 0 Å². The first kappa shape index (κ1) is 37.2. The summed E-state index contributed by atoms with van der Waals surface area (Å²) in [6, 6.07) is 15.9. The first-order valence-electron chi connectivity index (χ1n) is 23.8. The minimum Gasteiger partial charge on any atom is -0.509 e. The van der Waals surface area contributed by atoms with Crippen LogP contribution in [0, 0.1) is 46.3 Å². The molecule has 316 valence electrons. The van der Waals surface area contributed by atoms with Crippen molar-refractivity contribution in [1.29, 1.82) is 0 Å². The topological polar surface area (TPSA) is 105 Å². The van der Waals surface area contributed by atoms with Crippen LogP contribution in [-0.4, -0.2) is 65.1 Å². The Morgan fingerprint density at radius 3 is 2.75 bits per heavy atom. The number of carbonyl (C=O) groups is 2. The van der Waals surface area contributed by atoms with E-state index in [4.69, 9.17) is 15.2 Å². The van der Waals surface area contributed by atoms with E-state index < -0.39 is 16.4 Å². The number of aryl methyl sites for hydroxylation is 2. The SMILES string of the molecule is CC1CC2=C3C4C5=C6C=C(Cc7cccc(c7)CCCCC7C68C(=O)OC(=C(O)CC(C)N6CC9CC(C6)C(C=C2)N3C9)C8(CC5)C72OC(=O)c3c(CCCN)cccc32)C14. The molecule has 1 saturated carbocycles. The van der Waals surface area contributed by atoms with Crippen LogP contribution >= 0.6 is 0 Å². The molecule has 12 unspecified atom stereocenters. The number of piperidine rings is 2. The van der Waals surface area contributed by atoms with Crippen molar-refractivity contribution in [3.63, 3.8) is 0 Å². The van der Waals surface area contributed by atoms with Crippen LogP contribution in [0.4, 0.5) is 0 Å². The Kier molecular flexibility index (Phi) is 7.83. The van der Waals surface area contributed by atoms with Gasteiger partial charge < -0.3 is 25.2 Å². The molecule has 4 fully saturated rings. The first-order chi connectivity index (χ1) is 29.7. The molecular weight excluding hydrogens is 759 g/mol. The number of carbonyl (C=O) groups excluding carboxylic acids is 2. The molecule has 9 aliphatic heterocycles. The van der Waals surface area contributed by atoms with Crippen molar-refractivity contribution in [3.8, 4) is 0 Å². The predicted molar refractivity (Wildman–Crippen MR) is 232 cm³/mol. The fourth-order valence-corrected chi connectivity index (χ4v) is 16.4. The normalized spacial score (nSPS) is 40.9. The largest absolute Gasteiger partial charge is 0.509 e. The Hall–Kier alpha value is -4.40. The van der Waals surface area contributed by atoms with E-state index in [1.807, 2.05) is 0 Å². The number of esters is 2. The molecule has 9 heterocycles. The third-order valence-corrected chi connectivity index (χ3v) is 18.4. The summed E-state index contributed by atoms with van der Waals surface area (Å²) in [4.78, 5) is 36.2. The molecular formula is C53H59N3O5. The summed E-state index contributed by atoms with van der Waals surface area (Å²) in [5.74, 6) is 1.51. The third kappa shape index (κ3) is 4.49. The highest BCUT2D eigenvalue weighted by Crippen LogP contribution is 2.87. The number of ether oxygens (including phenoxy) is 2. The summed E-state index contributed by atoms with van der Waals surface area (Å²) in [5.41, 5.74) is 14.8. The highest BCUT2D eigenvalue weighted by Gasteiger charge is 2.93. The van der Waals surface area contributed by atoms with E-state index >= 15 is 4.79 Å². The maximum Gasteiger partial charge on any atom is 0.339 e. The number of hydrogen-bond acceptors (Lipinski definition) is 8. The van der Waals surface area contributed by atoms with Gasteiger partial charge in [-0.05, 0) is 129 Å². The van der Waals surface area contributed by atoms with Crippen LogP contribution in [0.25, 0.3) is 0 Å². The van der Waals surface area contributed by atoms with Crippen LogP contribution in [-0.2, 0) is 39.1 Å². The highest BCUT2D eigenvalue weighted by atomic mass is 16.6. The van der Waals surface area contributed by atoms with Gasteiger partial charge in [-0.1, -0.05) is 85.2 Å². The Bertz CT molecular complexity index is 2490. The number of nitrogens with zero attached hydrogens (tertiary/aromatic N) is 2. The molecule has 8 heteroatoms. The zero-order valence-electron chi connectivity index (χ0n) is 35.8. The molecule has 2 aromatic rings. The average molecular weight is 818 g/mol. The fraction of sp³-hybridized carbons (Fsp3) is 0.547. The van der Waals surface area contributed by atoms with Crippen molar-refractivity contribution in [2.75, 3.05) is 26.2 Å². The Balaban J connectivity index is 1.13. The molecule has 3 saturated heterocycles. The van der Waals surface area contributed by atoms with Gasteiger partial charge in [-0.3, -0.25) is 9.69 Å². The Morgan fingerprint density at radius 2 is 1.87 bits per heavy atom. The molecule has 5 aliphatic carbocycles. The van der Waals surface area contributed by atoms with Crippen molar-refractivity contribution >= 4 is 11.9 Å². The van der Waals surface area contributed by atoms with Crippen LogP contribution in [0.5, 0.6) is 0 Å². The molecule has 8 nitrogen and oxygen atoms in total. The predicted octanol–water partition coefficient (Wildman–Crippen LogP) is 8.38. The first-order valence-corrected chi connectivity index (χ1v) is 23.8. The van der Waals surface area contributed by atoms with Crippen LogP contribution < -0.4 is 5.73 Å². The lowest BCUT2D eigenvalue weighted by Crippen LogP contribution is -2.77. The van der Waals surface area contributed by atoms with Crippen molar-refractivity contribution in [3.05, 3.63) is 128 Å². The van der Waals surface area contributed by atoms with Crippen molar-refractivity contribution < 1.29 is 24.2 Å². The Morgan fingerprint density at radius 1 is 1.00 bits per heavy atom. The monoisotopic (exact) mass is 817 g/mol. The molecule has 0 aromatic heterocycles. The minimum atomic E-state index is -1.17. The van der Waals surface area contributed by atoms with Crippen LogP contribution in [0.3, 0.4) is 0 Å². The van der Waals surface area contributed by atoms with E-state index in [-0.39, 0.29) is 35.6 Å². The molecule has 3 spiro atoms. The summed E-state index contributed by atoms with van der Waals surface area (Å²) in [6.45, 7) is 8.27. The summed E-state index contributed by atoms with van der Waals surface area (Å²) < 4.78 is 14.0. The standard InChI is InChI=1S/C53H59N3O5/c1-29-20-35-15-16-41-37-24-33-26-55(28-37)30(2)21-42(57)48-51-18-17-38-40-25-36(44(29)46(38)47(35)56(41)27-33)23-32-10-5-9-31(22-32)8-3-4-14-43(52(40,51)50(59)60-48)53(51)39-13-6-11-34(12-7-19-54)45(39)49(58)61-53/h5-6,9-11,13,15-16,22,25,29-30,33,37,41,43-44,46,57H,3-4,7-8,12,14,17-21,23-24,26-28,54H2,1-2H3. The van der Waals surface area contributed by atoms with Crippen molar-refractivity contribution in [2.45, 2.75) is 109 Å².